The number of fused-ring (bicyclic) bond motifs is 1. The van der Waals surface area contributed by atoms with Crippen molar-refractivity contribution >= 4 is 38.9 Å². The first-order valence-corrected chi connectivity index (χ1v) is 11.4. The molecule has 1 amide bonds. The van der Waals surface area contributed by atoms with Crippen LogP contribution in [0.3, 0.4) is 0 Å². The topological polar surface area (TPSA) is 92.6 Å². The minimum atomic E-state index is -4.04. The van der Waals surface area contributed by atoms with Gasteiger partial charge in [-0.3, -0.25) is 9.20 Å². The van der Waals surface area contributed by atoms with Crippen LogP contribution in [0.4, 0.5) is 5.69 Å². The number of pyridine rings is 1. The molecule has 1 aromatic carbocycles. The summed E-state index contributed by atoms with van der Waals surface area (Å²) in [6.45, 7) is 6.83. The Labute approximate surface area is 186 Å². The van der Waals surface area contributed by atoms with Gasteiger partial charge in [0.1, 0.15) is 5.65 Å². The first-order valence-electron chi connectivity index (χ1n) is 9.55. The molecule has 0 aliphatic rings. The van der Waals surface area contributed by atoms with Gasteiger partial charge in [0.05, 0.1) is 21.8 Å². The minimum absolute atomic E-state index is 0.0576. The molecule has 3 aromatic rings. The van der Waals surface area contributed by atoms with Crippen LogP contribution in [0.1, 0.15) is 49.7 Å². The van der Waals surface area contributed by atoms with E-state index in [4.69, 9.17) is 18.0 Å². The summed E-state index contributed by atoms with van der Waals surface area (Å²) in [5.74, 6) is 1.78. The number of terminal acetylenes is 1. The maximum absolute atomic E-state index is 13.2. The van der Waals surface area contributed by atoms with Gasteiger partial charge in [0, 0.05) is 11.9 Å². The third-order valence-electron chi connectivity index (χ3n) is 4.52. The number of imidazole rings is 1. The predicted molar refractivity (Wildman–Crippen MR) is 122 cm³/mol. The van der Waals surface area contributed by atoms with Crippen molar-refractivity contribution in [3.63, 3.8) is 0 Å². The minimum Gasteiger partial charge on any atom is -0.322 e. The van der Waals surface area contributed by atoms with Crippen molar-refractivity contribution in [3.8, 4) is 12.3 Å². The van der Waals surface area contributed by atoms with Gasteiger partial charge in [0.25, 0.3) is 15.9 Å². The number of anilines is 1. The SMILES string of the molecule is C#CC(C)(C)NS(=O)(=O)c1c(C(C)C)nc2cc(C(=O)Nc3ccccc3)c(Cl)cn12. The van der Waals surface area contributed by atoms with E-state index in [1.807, 2.05) is 19.9 Å². The van der Waals surface area contributed by atoms with Crippen molar-refractivity contribution in [2.24, 2.45) is 0 Å². The maximum Gasteiger partial charge on any atom is 0.259 e. The molecular formula is C22H23ClN4O3S. The zero-order valence-corrected chi connectivity index (χ0v) is 19.2. The molecule has 0 aliphatic carbocycles. The van der Waals surface area contributed by atoms with E-state index in [-0.39, 0.29) is 27.2 Å². The Bertz CT molecular complexity index is 1290. The summed E-state index contributed by atoms with van der Waals surface area (Å²) in [5.41, 5.74) is 0.316. The van der Waals surface area contributed by atoms with E-state index in [0.717, 1.165) is 0 Å². The standard InChI is InChI=1S/C22H23ClN4O3S/c1-6-22(4,5)26-31(29,30)21-19(14(2)3)25-18-12-16(17(23)13-27(18)21)20(28)24-15-10-8-7-9-11-15/h1,7-14,26H,2-5H3,(H,24,28). The monoisotopic (exact) mass is 458 g/mol. The van der Waals surface area contributed by atoms with Crippen molar-refractivity contribution in [2.45, 2.75) is 44.2 Å². The second-order valence-electron chi connectivity index (χ2n) is 7.92. The second kappa shape index (κ2) is 8.35. The van der Waals surface area contributed by atoms with Crippen molar-refractivity contribution in [2.75, 3.05) is 5.32 Å². The number of carbonyl (C=O) groups excluding carboxylic acids is 1. The van der Waals surface area contributed by atoms with Gasteiger partial charge in [-0.2, -0.15) is 4.72 Å². The highest BCUT2D eigenvalue weighted by atomic mass is 35.5. The summed E-state index contributed by atoms with van der Waals surface area (Å²) in [4.78, 5) is 17.2. The Morgan fingerprint density at radius 3 is 2.48 bits per heavy atom. The molecule has 0 bridgehead atoms. The summed E-state index contributed by atoms with van der Waals surface area (Å²) in [5, 5.41) is 2.79. The number of carbonyl (C=O) groups is 1. The number of hydrogen-bond acceptors (Lipinski definition) is 4. The number of amides is 1. The number of hydrogen-bond donors (Lipinski definition) is 2. The summed E-state index contributed by atoms with van der Waals surface area (Å²) in [6.07, 6.45) is 6.84. The molecule has 162 valence electrons. The number of halogens is 1. The van der Waals surface area contributed by atoms with Gasteiger partial charge < -0.3 is 5.32 Å². The third kappa shape index (κ3) is 4.74. The van der Waals surface area contributed by atoms with Crippen LogP contribution >= 0.6 is 11.6 Å². The van der Waals surface area contributed by atoms with Crippen molar-refractivity contribution < 1.29 is 13.2 Å². The molecule has 2 aromatic heterocycles. The van der Waals surface area contributed by atoms with E-state index in [9.17, 15) is 13.2 Å². The van der Waals surface area contributed by atoms with Crippen LogP contribution in [0.15, 0.2) is 47.6 Å². The van der Waals surface area contributed by atoms with Crippen LogP contribution in [0.2, 0.25) is 5.02 Å². The molecule has 3 rings (SSSR count). The zero-order chi connectivity index (χ0) is 23.0. The lowest BCUT2D eigenvalue weighted by Gasteiger charge is -2.20. The first-order chi connectivity index (χ1) is 14.4. The lowest BCUT2D eigenvalue weighted by Crippen LogP contribution is -2.42. The number of nitrogens with zero attached hydrogens (tertiary/aromatic N) is 2. The van der Waals surface area contributed by atoms with Gasteiger partial charge in [-0.25, -0.2) is 13.4 Å². The molecule has 2 heterocycles. The number of aromatic nitrogens is 2. The summed E-state index contributed by atoms with van der Waals surface area (Å²) in [6, 6.07) is 10.4. The maximum atomic E-state index is 13.2. The Morgan fingerprint density at radius 2 is 1.90 bits per heavy atom. The quantitative estimate of drug-likeness (QED) is 0.545. The highest BCUT2D eigenvalue weighted by molar-refractivity contribution is 7.89. The van der Waals surface area contributed by atoms with Crippen molar-refractivity contribution in [3.05, 3.63) is 58.9 Å². The van der Waals surface area contributed by atoms with Crippen LogP contribution < -0.4 is 10.0 Å². The van der Waals surface area contributed by atoms with E-state index in [1.165, 1.54) is 16.7 Å². The highest BCUT2D eigenvalue weighted by Gasteiger charge is 2.32. The van der Waals surface area contributed by atoms with Gasteiger partial charge in [-0.1, -0.05) is 49.6 Å². The average Bonchev–Trinajstić information content (AvgIpc) is 3.07. The first kappa shape index (κ1) is 22.8. The summed E-state index contributed by atoms with van der Waals surface area (Å²) >= 11 is 6.38. The Hall–Kier alpha value is -2.86. The van der Waals surface area contributed by atoms with E-state index >= 15 is 0 Å². The van der Waals surface area contributed by atoms with Crippen LogP contribution in [-0.2, 0) is 10.0 Å². The van der Waals surface area contributed by atoms with Gasteiger partial charge in [-0.05, 0) is 38.0 Å². The van der Waals surface area contributed by atoms with E-state index in [2.05, 4.69) is 20.9 Å². The number of rotatable bonds is 6. The fourth-order valence-corrected chi connectivity index (χ4v) is 5.04. The van der Waals surface area contributed by atoms with Crippen LogP contribution in [-0.4, -0.2) is 29.2 Å². The zero-order valence-electron chi connectivity index (χ0n) is 17.6. The fourth-order valence-electron chi connectivity index (χ4n) is 3.01. The van der Waals surface area contributed by atoms with E-state index in [0.29, 0.717) is 11.4 Å². The summed E-state index contributed by atoms with van der Waals surface area (Å²) in [7, 11) is -4.04. The van der Waals surface area contributed by atoms with Gasteiger partial charge in [0.2, 0.25) is 0 Å². The number of para-hydroxylation sites is 1. The fraction of sp³-hybridized carbons (Fsp3) is 0.273. The molecule has 7 nitrogen and oxygen atoms in total. The molecule has 0 spiro atoms. The molecule has 0 unspecified atom stereocenters. The Balaban J connectivity index is 2.13. The largest absolute Gasteiger partial charge is 0.322 e. The number of sulfonamides is 1. The lowest BCUT2D eigenvalue weighted by atomic mass is 10.1. The smallest absolute Gasteiger partial charge is 0.259 e. The van der Waals surface area contributed by atoms with E-state index < -0.39 is 21.5 Å². The van der Waals surface area contributed by atoms with Gasteiger partial charge >= 0.3 is 0 Å². The Kier molecular flexibility index (Phi) is 6.14. The summed E-state index contributed by atoms with van der Waals surface area (Å²) < 4.78 is 30.3. The predicted octanol–water partition coefficient (Wildman–Crippen LogP) is 4.05. The lowest BCUT2D eigenvalue weighted by molar-refractivity contribution is 0.102. The highest BCUT2D eigenvalue weighted by Crippen LogP contribution is 2.29. The molecule has 0 atom stereocenters. The molecule has 31 heavy (non-hydrogen) atoms. The van der Waals surface area contributed by atoms with Crippen LogP contribution in [0.25, 0.3) is 5.65 Å². The molecule has 0 saturated heterocycles. The normalized spacial score (nSPS) is 12.2. The van der Waals surface area contributed by atoms with Crippen LogP contribution in [0, 0.1) is 12.3 Å². The van der Waals surface area contributed by atoms with Crippen molar-refractivity contribution in [1.29, 1.82) is 0 Å². The number of benzene rings is 1. The van der Waals surface area contributed by atoms with Crippen LogP contribution in [0.5, 0.6) is 0 Å². The second-order valence-corrected chi connectivity index (χ2v) is 9.92. The molecular weight excluding hydrogens is 436 g/mol. The molecule has 0 saturated carbocycles. The van der Waals surface area contributed by atoms with E-state index in [1.54, 1.807) is 38.1 Å². The average molecular weight is 459 g/mol. The van der Waals surface area contributed by atoms with Gasteiger partial charge in [0.15, 0.2) is 5.03 Å². The molecule has 9 heteroatoms. The molecule has 2 N–H and O–H groups in total. The molecule has 0 fully saturated rings. The van der Waals surface area contributed by atoms with Crippen molar-refractivity contribution in [1.82, 2.24) is 14.1 Å². The number of nitrogens with one attached hydrogen (secondary N) is 2. The molecule has 0 radical (unpaired) electrons. The molecule has 0 aliphatic heterocycles. The Morgan fingerprint density at radius 1 is 1.26 bits per heavy atom. The van der Waals surface area contributed by atoms with Gasteiger partial charge in [-0.15, -0.1) is 6.42 Å². The third-order valence-corrected chi connectivity index (χ3v) is 6.52.